The first-order chi connectivity index (χ1) is 13.0. The number of carbonyl (C=O) groups excluding carboxylic acids is 2. The standard InChI is InChI=1S/C16H16Cl2F4N2O4/c1-8(13(25)27-2)23-4-3-5-24(15(23)26)11-7-12(10(18)6-9(11)17)28-16(21,22)14(19)20/h6-8,14H,3-5H2,1-2H3/t8-/m0/s1. The summed E-state index contributed by atoms with van der Waals surface area (Å²) in [5.41, 5.74) is -0.0714. The van der Waals surface area contributed by atoms with Gasteiger partial charge in [0.1, 0.15) is 11.8 Å². The van der Waals surface area contributed by atoms with Crippen LogP contribution in [0.2, 0.25) is 10.0 Å². The first kappa shape index (κ1) is 22.4. The van der Waals surface area contributed by atoms with Gasteiger partial charge < -0.3 is 14.4 Å². The largest absolute Gasteiger partial charge is 0.467 e. The van der Waals surface area contributed by atoms with Gasteiger partial charge in [0.25, 0.3) is 0 Å². The molecule has 2 rings (SSSR count). The zero-order chi connectivity index (χ0) is 21.2. The maximum absolute atomic E-state index is 13.3. The summed E-state index contributed by atoms with van der Waals surface area (Å²) < 4.78 is 60.0. The highest BCUT2D eigenvalue weighted by Crippen LogP contribution is 2.40. The summed E-state index contributed by atoms with van der Waals surface area (Å²) in [6, 6.07) is 0.349. The van der Waals surface area contributed by atoms with Gasteiger partial charge in [-0.3, -0.25) is 4.90 Å². The van der Waals surface area contributed by atoms with Crippen molar-refractivity contribution in [2.45, 2.75) is 31.9 Å². The molecule has 12 heteroatoms. The molecule has 1 fully saturated rings. The van der Waals surface area contributed by atoms with Gasteiger partial charge in [0.05, 0.1) is 22.8 Å². The quantitative estimate of drug-likeness (QED) is 0.479. The molecule has 1 aliphatic rings. The number of halogens is 6. The maximum atomic E-state index is 13.3. The van der Waals surface area contributed by atoms with Crippen LogP contribution in [-0.2, 0) is 9.53 Å². The van der Waals surface area contributed by atoms with Crippen molar-refractivity contribution in [1.29, 1.82) is 0 Å². The van der Waals surface area contributed by atoms with Crippen LogP contribution < -0.4 is 9.64 Å². The Labute approximate surface area is 167 Å². The monoisotopic (exact) mass is 446 g/mol. The fourth-order valence-corrected chi connectivity index (χ4v) is 3.14. The Morgan fingerprint density at radius 2 is 1.86 bits per heavy atom. The van der Waals surface area contributed by atoms with Crippen molar-refractivity contribution in [3.05, 3.63) is 22.2 Å². The Morgan fingerprint density at radius 3 is 2.43 bits per heavy atom. The number of esters is 1. The van der Waals surface area contributed by atoms with Gasteiger partial charge in [-0.25, -0.2) is 9.59 Å². The fraction of sp³-hybridized carbons (Fsp3) is 0.500. The van der Waals surface area contributed by atoms with Gasteiger partial charge in [-0.05, 0) is 19.4 Å². The number of anilines is 1. The van der Waals surface area contributed by atoms with E-state index in [1.165, 1.54) is 18.9 Å². The van der Waals surface area contributed by atoms with Crippen molar-refractivity contribution in [2.75, 3.05) is 25.1 Å². The van der Waals surface area contributed by atoms with Gasteiger partial charge in [-0.15, -0.1) is 0 Å². The molecular weight excluding hydrogens is 431 g/mol. The van der Waals surface area contributed by atoms with E-state index in [-0.39, 0.29) is 23.8 Å². The van der Waals surface area contributed by atoms with Crippen LogP contribution in [0.15, 0.2) is 12.1 Å². The lowest BCUT2D eigenvalue weighted by Gasteiger charge is -2.38. The van der Waals surface area contributed by atoms with Gasteiger partial charge in [-0.1, -0.05) is 23.2 Å². The van der Waals surface area contributed by atoms with Crippen LogP contribution in [0.3, 0.4) is 0 Å². The topological polar surface area (TPSA) is 59.1 Å². The average Bonchev–Trinajstić information content (AvgIpc) is 2.63. The molecule has 0 radical (unpaired) electrons. The molecule has 0 spiro atoms. The van der Waals surface area contributed by atoms with E-state index in [0.717, 1.165) is 17.0 Å². The molecular formula is C16H16Cl2F4N2O4. The SMILES string of the molecule is COC(=O)[C@H](C)N1CCCN(c2cc(OC(F)(F)C(F)F)c(Cl)cc2Cl)C1=O. The number of hydrogen-bond acceptors (Lipinski definition) is 4. The highest BCUT2D eigenvalue weighted by atomic mass is 35.5. The molecule has 0 unspecified atom stereocenters. The summed E-state index contributed by atoms with van der Waals surface area (Å²) in [7, 11) is 1.17. The molecule has 1 aliphatic heterocycles. The Hall–Kier alpha value is -1.94. The predicted molar refractivity (Wildman–Crippen MR) is 93.6 cm³/mol. The van der Waals surface area contributed by atoms with Gasteiger partial charge in [0, 0.05) is 19.2 Å². The second-order valence-electron chi connectivity index (χ2n) is 5.88. The van der Waals surface area contributed by atoms with Crippen molar-refractivity contribution in [3.8, 4) is 5.75 Å². The Kier molecular flexibility index (Phi) is 6.87. The van der Waals surface area contributed by atoms with Crippen molar-refractivity contribution >= 4 is 40.9 Å². The minimum atomic E-state index is -4.79. The highest BCUT2D eigenvalue weighted by molar-refractivity contribution is 6.37. The van der Waals surface area contributed by atoms with Crippen LogP contribution in [0.25, 0.3) is 0 Å². The molecule has 1 heterocycles. The number of nitrogens with zero attached hydrogens (tertiary/aromatic N) is 2. The third-order valence-corrected chi connectivity index (χ3v) is 4.66. The highest BCUT2D eigenvalue weighted by Gasteiger charge is 2.44. The van der Waals surface area contributed by atoms with Crippen LogP contribution >= 0.6 is 23.2 Å². The zero-order valence-corrected chi connectivity index (χ0v) is 16.2. The van der Waals surface area contributed by atoms with Crippen LogP contribution in [0.1, 0.15) is 13.3 Å². The van der Waals surface area contributed by atoms with Gasteiger partial charge >= 0.3 is 24.5 Å². The predicted octanol–water partition coefficient (Wildman–Crippen LogP) is 4.42. The molecule has 1 aromatic carbocycles. The van der Waals surface area contributed by atoms with Gasteiger partial charge in [0.2, 0.25) is 0 Å². The second-order valence-corrected chi connectivity index (χ2v) is 6.69. The summed E-state index contributed by atoms with van der Waals surface area (Å²) in [5.74, 6) is -1.41. The normalized spacial score (nSPS) is 16.4. The summed E-state index contributed by atoms with van der Waals surface area (Å²) in [4.78, 5) is 26.8. The Balaban J connectivity index is 2.37. The van der Waals surface area contributed by atoms with E-state index in [9.17, 15) is 27.2 Å². The van der Waals surface area contributed by atoms with Crippen LogP contribution in [-0.4, -0.2) is 55.7 Å². The fourth-order valence-electron chi connectivity index (χ4n) is 2.62. The van der Waals surface area contributed by atoms with E-state index in [0.29, 0.717) is 6.42 Å². The Bertz CT molecular complexity index is 766. The minimum Gasteiger partial charge on any atom is -0.467 e. The molecule has 0 aliphatic carbocycles. The zero-order valence-electron chi connectivity index (χ0n) is 14.7. The van der Waals surface area contributed by atoms with Gasteiger partial charge in [0.15, 0.2) is 0 Å². The molecule has 156 valence electrons. The van der Waals surface area contributed by atoms with Crippen molar-refractivity contribution < 1.29 is 36.6 Å². The molecule has 0 N–H and O–H groups in total. The summed E-state index contributed by atoms with van der Waals surface area (Å²) in [6.07, 6.45) is -8.45. The molecule has 0 aromatic heterocycles. The van der Waals surface area contributed by atoms with Crippen molar-refractivity contribution in [3.63, 3.8) is 0 Å². The first-order valence-electron chi connectivity index (χ1n) is 7.99. The van der Waals surface area contributed by atoms with Gasteiger partial charge in [-0.2, -0.15) is 17.6 Å². The van der Waals surface area contributed by atoms with E-state index >= 15 is 0 Å². The molecule has 0 saturated carbocycles. The molecule has 2 amide bonds. The smallest absolute Gasteiger partial charge is 0.461 e. The lowest BCUT2D eigenvalue weighted by molar-refractivity contribution is -0.253. The molecule has 28 heavy (non-hydrogen) atoms. The number of benzene rings is 1. The summed E-state index contributed by atoms with van der Waals surface area (Å²) >= 11 is 11.8. The van der Waals surface area contributed by atoms with Crippen molar-refractivity contribution in [1.82, 2.24) is 4.90 Å². The molecule has 1 atom stereocenters. The van der Waals surface area contributed by atoms with Crippen LogP contribution in [0.5, 0.6) is 5.75 Å². The second kappa shape index (κ2) is 8.60. The summed E-state index contributed by atoms with van der Waals surface area (Å²) in [5, 5.41) is -0.517. The van der Waals surface area contributed by atoms with Crippen molar-refractivity contribution in [2.24, 2.45) is 0 Å². The lowest BCUT2D eigenvalue weighted by atomic mass is 10.2. The maximum Gasteiger partial charge on any atom is 0.461 e. The van der Waals surface area contributed by atoms with E-state index in [1.54, 1.807) is 0 Å². The third kappa shape index (κ3) is 4.54. The number of hydrogen-bond donors (Lipinski definition) is 0. The number of amides is 2. The number of urea groups is 1. The van der Waals surface area contributed by atoms with E-state index in [1.807, 2.05) is 0 Å². The molecule has 6 nitrogen and oxygen atoms in total. The van der Waals surface area contributed by atoms with Crippen LogP contribution in [0.4, 0.5) is 28.0 Å². The number of rotatable bonds is 6. The average molecular weight is 447 g/mol. The molecule has 1 saturated heterocycles. The van der Waals surface area contributed by atoms with E-state index < -0.39 is 41.3 Å². The molecule has 1 aromatic rings. The number of methoxy groups -OCH3 is 1. The minimum absolute atomic E-state index is 0.0714. The third-order valence-electron chi connectivity index (χ3n) is 4.06. The van der Waals surface area contributed by atoms with E-state index in [4.69, 9.17) is 23.2 Å². The number of carbonyl (C=O) groups is 2. The Morgan fingerprint density at radius 1 is 1.21 bits per heavy atom. The number of ether oxygens (including phenoxy) is 2. The van der Waals surface area contributed by atoms with E-state index in [2.05, 4.69) is 9.47 Å². The first-order valence-corrected chi connectivity index (χ1v) is 8.75. The molecule has 0 bridgehead atoms. The lowest BCUT2D eigenvalue weighted by Crippen LogP contribution is -2.55. The van der Waals surface area contributed by atoms with Crippen LogP contribution in [0, 0.1) is 0 Å². The summed E-state index contributed by atoms with van der Waals surface area (Å²) in [6.45, 7) is 1.87. The number of alkyl halides is 4.